The van der Waals surface area contributed by atoms with E-state index in [4.69, 9.17) is 4.74 Å². The van der Waals surface area contributed by atoms with Gasteiger partial charge in [-0.15, -0.1) is 11.3 Å². The predicted molar refractivity (Wildman–Crippen MR) is 113 cm³/mol. The molecule has 1 fully saturated rings. The zero-order valence-electron chi connectivity index (χ0n) is 14.8. The van der Waals surface area contributed by atoms with Gasteiger partial charge in [-0.05, 0) is 59.5 Å². The van der Waals surface area contributed by atoms with Crippen LogP contribution in [0.1, 0.15) is 15.2 Å². The number of carbonyl (C=O) groups is 3. The molecule has 3 aromatic rings. The Labute approximate surface area is 178 Å². The second kappa shape index (κ2) is 8.02. The maximum atomic E-state index is 12.6. The van der Waals surface area contributed by atoms with Gasteiger partial charge in [0.05, 0.1) is 5.69 Å². The van der Waals surface area contributed by atoms with Crippen molar-refractivity contribution in [3.8, 4) is 5.75 Å². The normalized spacial score (nSPS) is 14.9. The second-order valence-corrected chi connectivity index (χ2v) is 7.92. The van der Waals surface area contributed by atoms with Crippen LogP contribution in [0, 0.1) is 0 Å². The number of amides is 2. The van der Waals surface area contributed by atoms with Gasteiger partial charge >= 0.3 is 5.97 Å². The fourth-order valence-electron chi connectivity index (χ4n) is 2.68. The Balaban J connectivity index is 1.50. The molecule has 29 heavy (non-hydrogen) atoms. The summed E-state index contributed by atoms with van der Waals surface area (Å²) in [6, 6.07) is 17.1. The van der Waals surface area contributed by atoms with Gasteiger partial charge in [-0.1, -0.05) is 34.1 Å². The molecule has 8 heteroatoms. The fraction of sp³-hybridized carbons (Fsp3) is 0. The third-order valence-electron chi connectivity index (χ3n) is 4.10. The molecule has 2 heterocycles. The molecule has 144 valence electrons. The van der Waals surface area contributed by atoms with Crippen molar-refractivity contribution in [3.05, 3.63) is 86.5 Å². The third kappa shape index (κ3) is 4.13. The fourth-order valence-corrected chi connectivity index (χ4v) is 3.54. The molecule has 0 saturated carbocycles. The number of esters is 1. The molecule has 1 aliphatic heterocycles. The first kappa shape index (κ1) is 19.1. The van der Waals surface area contributed by atoms with Crippen molar-refractivity contribution < 1.29 is 19.1 Å². The number of nitrogens with one attached hydrogen (secondary N) is 1. The number of anilines is 1. The summed E-state index contributed by atoms with van der Waals surface area (Å²) in [5.41, 5.74) is 3.78. The number of nitrogens with zero attached hydrogens (tertiary/aromatic N) is 1. The summed E-state index contributed by atoms with van der Waals surface area (Å²) in [4.78, 5) is 37.4. The van der Waals surface area contributed by atoms with Crippen LogP contribution < -0.4 is 15.2 Å². The molecule has 4 rings (SSSR count). The number of hydrogen-bond donors (Lipinski definition) is 1. The molecule has 1 saturated heterocycles. The van der Waals surface area contributed by atoms with E-state index in [0.29, 0.717) is 21.9 Å². The van der Waals surface area contributed by atoms with Crippen LogP contribution in [0.4, 0.5) is 5.69 Å². The van der Waals surface area contributed by atoms with Gasteiger partial charge in [0, 0.05) is 4.47 Å². The lowest BCUT2D eigenvalue weighted by Gasteiger charge is -2.14. The first-order valence-electron chi connectivity index (χ1n) is 8.50. The average Bonchev–Trinajstić information content (AvgIpc) is 3.35. The van der Waals surface area contributed by atoms with E-state index in [1.165, 1.54) is 22.4 Å². The Morgan fingerprint density at radius 1 is 1.03 bits per heavy atom. The number of ether oxygens (including phenoxy) is 1. The van der Waals surface area contributed by atoms with Gasteiger partial charge < -0.3 is 4.74 Å². The van der Waals surface area contributed by atoms with E-state index in [1.807, 2.05) is 0 Å². The highest BCUT2D eigenvalue weighted by atomic mass is 79.9. The van der Waals surface area contributed by atoms with Gasteiger partial charge in [-0.25, -0.2) is 9.80 Å². The maximum Gasteiger partial charge on any atom is 0.353 e. The number of thiophene rings is 1. The predicted octanol–water partition coefficient (Wildman–Crippen LogP) is 4.19. The Bertz CT molecular complexity index is 1110. The smallest absolute Gasteiger partial charge is 0.353 e. The Morgan fingerprint density at radius 3 is 2.41 bits per heavy atom. The minimum atomic E-state index is -0.480. The molecule has 2 amide bonds. The van der Waals surface area contributed by atoms with Crippen LogP contribution in [0.25, 0.3) is 6.08 Å². The maximum absolute atomic E-state index is 12.6. The van der Waals surface area contributed by atoms with E-state index >= 15 is 0 Å². The number of halogens is 1. The lowest BCUT2D eigenvalue weighted by molar-refractivity contribution is -0.117. The number of benzene rings is 2. The highest BCUT2D eigenvalue weighted by molar-refractivity contribution is 9.10. The molecule has 1 aliphatic rings. The van der Waals surface area contributed by atoms with Crippen molar-refractivity contribution in [1.29, 1.82) is 0 Å². The lowest BCUT2D eigenvalue weighted by atomic mass is 10.1. The first-order chi connectivity index (χ1) is 14.0. The van der Waals surface area contributed by atoms with Crippen molar-refractivity contribution in [2.75, 3.05) is 5.01 Å². The van der Waals surface area contributed by atoms with Gasteiger partial charge in [0.1, 0.15) is 16.2 Å². The number of carbonyl (C=O) groups excluding carboxylic acids is 3. The summed E-state index contributed by atoms with van der Waals surface area (Å²) >= 11 is 4.64. The van der Waals surface area contributed by atoms with Crippen LogP contribution in [0.2, 0.25) is 0 Å². The molecule has 0 bridgehead atoms. The molecule has 0 spiro atoms. The van der Waals surface area contributed by atoms with Crippen molar-refractivity contribution in [3.63, 3.8) is 0 Å². The molecule has 0 atom stereocenters. The topological polar surface area (TPSA) is 75.7 Å². The van der Waals surface area contributed by atoms with Crippen molar-refractivity contribution in [1.82, 2.24) is 5.43 Å². The van der Waals surface area contributed by atoms with Gasteiger partial charge in [0.2, 0.25) is 0 Å². The van der Waals surface area contributed by atoms with Crippen LogP contribution >= 0.6 is 27.3 Å². The Morgan fingerprint density at radius 2 is 1.76 bits per heavy atom. The molecule has 0 unspecified atom stereocenters. The van der Waals surface area contributed by atoms with Gasteiger partial charge in [-0.2, -0.15) is 0 Å². The Hall–Kier alpha value is -3.23. The average molecular weight is 469 g/mol. The van der Waals surface area contributed by atoms with Gasteiger partial charge in [0.15, 0.2) is 0 Å². The summed E-state index contributed by atoms with van der Waals surface area (Å²) in [5, 5.41) is 3.00. The van der Waals surface area contributed by atoms with E-state index in [1.54, 1.807) is 66.0 Å². The van der Waals surface area contributed by atoms with Crippen molar-refractivity contribution >= 4 is 56.8 Å². The molecule has 0 aliphatic carbocycles. The summed E-state index contributed by atoms with van der Waals surface area (Å²) < 4.78 is 6.17. The van der Waals surface area contributed by atoms with Crippen LogP contribution in [0.15, 0.2) is 76.1 Å². The SMILES string of the molecule is O=C1NN(c2ccc(Br)cc2)C(=O)C1=Cc1ccc(OC(=O)c2cccs2)cc1. The van der Waals surface area contributed by atoms with Crippen LogP contribution in [0.3, 0.4) is 0 Å². The van der Waals surface area contributed by atoms with E-state index in [0.717, 1.165) is 4.47 Å². The standard InChI is InChI=1S/C21H13BrN2O4S/c22-14-5-7-15(8-6-14)24-20(26)17(19(25)23-24)12-13-3-9-16(10-4-13)28-21(27)18-2-1-11-29-18/h1-12H,(H,23,25). The molecule has 1 aromatic heterocycles. The number of rotatable bonds is 4. The zero-order valence-corrected chi connectivity index (χ0v) is 17.2. The largest absolute Gasteiger partial charge is 0.422 e. The van der Waals surface area contributed by atoms with Crippen LogP contribution in [0.5, 0.6) is 5.75 Å². The zero-order chi connectivity index (χ0) is 20.4. The van der Waals surface area contributed by atoms with E-state index in [-0.39, 0.29) is 5.57 Å². The summed E-state index contributed by atoms with van der Waals surface area (Å²) in [7, 11) is 0. The van der Waals surface area contributed by atoms with Crippen molar-refractivity contribution in [2.45, 2.75) is 0 Å². The lowest BCUT2D eigenvalue weighted by Crippen LogP contribution is -2.35. The molecule has 2 aromatic carbocycles. The molecular formula is C21H13BrN2O4S. The number of hydrazine groups is 1. The molecule has 6 nitrogen and oxygen atoms in total. The minimum Gasteiger partial charge on any atom is -0.422 e. The van der Waals surface area contributed by atoms with Gasteiger partial charge in [0.25, 0.3) is 11.8 Å². The highest BCUT2D eigenvalue weighted by Crippen LogP contribution is 2.24. The van der Waals surface area contributed by atoms with Crippen LogP contribution in [-0.2, 0) is 9.59 Å². The molecule has 0 radical (unpaired) electrons. The van der Waals surface area contributed by atoms with E-state index in [2.05, 4.69) is 21.4 Å². The quantitative estimate of drug-likeness (QED) is 0.269. The molecule has 1 N–H and O–H groups in total. The minimum absolute atomic E-state index is 0.0243. The van der Waals surface area contributed by atoms with E-state index < -0.39 is 17.8 Å². The second-order valence-electron chi connectivity index (χ2n) is 6.05. The van der Waals surface area contributed by atoms with E-state index in [9.17, 15) is 14.4 Å². The monoisotopic (exact) mass is 468 g/mol. The van der Waals surface area contributed by atoms with Crippen LogP contribution in [-0.4, -0.2) is 17.8 Å². The Kier molecular flexibility index (Phi) is 5.28. The summed E-state index contributed by atoms with van der Waals surface area (Å²) in [6.07, 6.45) is 1.50. The highest BCUT2D eigenvalue weighted by Gasteiger charge is 2.34. The third-order valence-corrected chi connectivity index (χ3v) is 5.48. The van der Waals surface area contributed by atoms with Gasteiger partial charge in [-0.3, -0.25) is 15.0 Å². The molecular weight excluding hydrogens is 456 g/mol. The summed E-state index contributed by atoms with van der Waals surface area (Å²) in [6.45, 7) is 0. The summed E-state index contributed by atoms with van der Waals surface area (Å²) in [5.74, 6) is -0.970. The van der Waals surface area contributed by atoms with Crippen molar-refractivity contribution in [2.24, 2.45) is 0 Å². The first-order valence-corrected chi connectivity index (χ1v) is 10.2. The number of hydrogen-bond acceptors (Lipinski definition) is 5.